The third kappa shape index (κ3) is 4.65. The summed E-state index contributed by atoms with van der Waals surface area (Å²) in [5.41, 5.74) is 8.76. The Hall–Kier alpha value is -2.42. The Morgan fingerprint density at radius 3 is 2.33 bits per heavy atom. The van der Waals surface area contributed by atoms with E-state index in [2.05, 4.69) is 0 Å². The highest BCUT2D eigenvalue weighted by Crippen LogP contribution is 2.53. The van der Waals surface area contributed by atoms with Gasteiger partial charge in [-0.1, -0.05) is 54.6 Å². The molecule has 1 aliphatic rings. The quantitative estimate of drug-likeness (QED) is 0.475. The molecule has 3 aromatic rings. The van der Waals surface area contributed by atoms with Crippen molar-refractivity contribution in [2.75, 3.05) is 11.5 Å². The van der Waals surface area contributed by atoms with E-state index >= 15 is 0 Å². The third-order valence-corrected chi connectivity index (χ3v) is 8.42. The number of halogens is 3. The predicted molar refractivity (Wildman–Crippen MR) is 127 cm³/mol. The summed E-state index contributed by atoms with van der Waals surface area (Å²) >= 11 is 3.05. The molecule has 0 bridgehead atoms. The largest absolute Gasteiger partial charge is 0.480 e. The number of aliphatic carboxylic acids is 1. The van der Waals surface area contributed by atoms with Gasteiger partial charge in [0.15, 0.2) is 0 Å². The number of aryl methyl sites for hydroxylation is 1. The van der Waals surface area contributed by atoms with Gasteiger partial charge in [0.1, 0.15) is 6.04 Å². The Labute approximate surface area is 198 Å². The Balaban J connectivity index is 2.00. The van der Waals surface area contributed by atoms with Crippen LogP contribution in [0.3, 0.4) is 0 Å². The average molecular weight is 490 g/mol. The van der Waals surface area contributed by atoms with Gasteiger partial charge >= 0.3 is 12.1 Å². The molecule has 4 rings (SSSR count). The molecule has 0 spiro atoms. The number of carboxylic acid groups (broad SMARTS) is 1. The van der Waals surface area contributed by atoms with Crippen LogP contribution in [-0.2, 0) is 22.1 Å². The van der Waals surface area contributed by atoms with Crippen LogP contribution in [0.4, 0.5) is 13.2 Å². The molecule has 3 N–H and O–H groups in total. The minimum Gasteiger partial charge on any atom is -0.480 e. The lowest BCUT2D eigenvalue weighted by atomic mass is 9.80. The van der Waals surface area contributed by atoms with Gasteiger partial charge in [-0.2, -0.15) is 13.2 Å². The van der Waals surface area contributed by atoms with Gasteiger partial charge in [-0.25, -0.2) is 0 Å². The Morgan fingerprint density at radius 1 is 1.03 bits per heavy atom. The van der Waals surface area contributed by atoms with Crippen molar-refractivity contribution in [3.05, 3.63) is 101 Å². The molecule has 0 saturated heterocycles. The van der Waals surface area contributed by atoms with Crippen molar-refractivity contribution in [3.8, 4) is 0 Å². The molecule has 3 aromatic carbocycles. The van der Waals surface area contributed by atoms with Crippen molar-refractivity contribution in [1.29, 1.82) is 0 Å². The van der Waals surface area contributed by atoms with Crippen LogP contribution in [0.1, 0.15) is 27.8 Å². The van der Waals surface area contributed by atoms with Crippen molar-refractivity contribution in [2.45, 2.75) is 28.3 Å². The molecule has 0 fully saturated rings. The van der Waals surface area contributed by atoms with E-state index in [0.717, 1.165) is 45.9 Å². The zero-order chi connectivity index (χ0) is 23.6. The molecule has 1 aliphatic heterocycles. The Morgan fingerprint density at radius 2 is 1.67 bits per heavy atom. The second-order valence-corrected chi connectivity index (χ2v) is 10.1. The number of rotatable bonds is 5. The second kappa shape index (κ2) is 9.44. The first-order valence-electron chi connectivity index (χ1n) is 10.3. The minimum absolute atomic E-state index is 0.0870. The van der Waals surface area contributed by atoms with Crippen molar-refractivity contribution in [1.82, 2.24) is 0 Å². The SMILES string of the molecule is N[C@@H](CSC1(c2ccc(C(F)(F)F)cc2)c2ccccc2CCSc2ccccc21)C(=O)O. The van der Waals surface area contributed by atoms with E-state index in [-0.39, 0.29) is 5.75 Å². The first-order chi connectivity index (χ1) is 15.7. The zero-order valence-electron chi connectivity index (χ0n) is 17.5. The number of hydrogen-bond donors (Lipinski definition) is 2. The maximum atomic E-state index is 13.3. The van der Waals surface area contributed by atoms with E-state index in [9.17, 15) is 23.1 Å². The first kappa shape index (κ1) is 23.7. The second-order valence-electron chi connectivity index (χ2n) is 7.76. The summed E-state index contributed by atoms with van der Waals surface area (Å²) in [4.78, 5) is 12.5. The van der Waals surface area contributed by atoms with Crippen LogP contribution in [0.2, 0.25) is 0 Å². The third-order valence-electron chi connectivity index (χ3n) is 5.71. The summed E-state index contributed by atoms with van der Waals surface area (Å²) in [6.07, 6.45) is -3.67. The van der Waals surface area contributed by atoms with Crippen molar-refractivity contribution in [3.63, 3.8) is 0 Å². The van der Waals surface area contributed by atoms with Gasteiger partial charge in [0.2, 0.25) is 0 Å². The van der Waals surface area contributed by atoms with E-state index in [4.69, 9.17) is 5.73 Å². The van der Waals surface area contributed by atoms with Gasteiger partial charge < -0.3 is 10.8 Å². The van der Waals surface area contributed by atoms with Crippen LogP contribution < -0.4 is 5.73 Å². The van der Waals surface area contributed by atoms with E-state index in [0.29, 0.717) is 5.56 Å². The summed E-state index contributed by atoms with van der Waals surface area (Å²) in [5, 5.41) is 9.42. The van der Waals surface area contributed by atoms with Crippen LogP contribution in [0.15, 0.2) is 77.7 Å². The van der Waals surface area contributed by atoms with Gasteiger partial charge in [0.05, 0.1) is 10.3 Å². The van der Waals surface area contributed by atoms with Crippen LogP contribution in [0.5, 0.6) is 0 Å². The van der Waals surface area contributed by atoms with Crippen LogP contribution in [-0.4, -0.2) is 28.6 Å². The normalized spacial score (nSPS) is 19.0. The highest BCUT2D eigenvalue weighted by atomic mass is 32.2. The molecule has 1 heterocycles. The molecular formula is C25H22F3NO2S2. The molecule has 2 atom stereocenters. The molecule has 172 valence electrons. The number of hydrogen-bond acceptors (Lipinski definition) is 4. The number of fused-ring (bicyclic) bond motifs is 2. The lowest BCUT2D eigenvalue weighted by Gasteiger charge is -2.39. The molecule has 33 heavy (non-hydrogen) atoms. The van der Waals surface area contributed by atoms with E-state index in [1.165, 1.54) is 23.9 Å². The smallest absolute Gasteiger partial charge is 0.416 e. The molecule has 1 unspecified atom stereocenters. The maximum Gasteiger partial charge on any atom is 0.416 e. The van der Waals surface area contributed by atoms with Crippen LogP contribution >= 0.6 is 23.5 Å². The monoisotopic (exact) mass is 489 g/mol. The van der Waals surface area contributed by atoms with Gasteiger partial charge in [0.25, 0.3) is 0 Å². The molecule has 0 aromatic heterocycles. The van der Waals surface area contributed by atoms with Crippen LogP contribution in [0.25, 0.3) is 0 Å². The average Bonchev–Trinajstić information content (AvgIpc) is 2.79. The fraction of sp³-hybridized carbons (Fsp3) is 0.240. The van der Waals surface area contributed by atoms with E-state index < -0.39 is 28.5 Å². The zero-order valence-corrected chi connectivity index (χ0v) is 19.1. The summed E-state index contributed by atoms with van der Waals surface area (Å²) in [5.74, 6) is -0.174. The van der Waals surface area contributed by atoms with Crippen molar-refractivity contribution in [2.24, 2.45) is 5.73 Å². The molecule has 0 radical (unpaired) electrons. The van der Waals surface area contributed by atoms with Crippen molar-refractivity contribution >= 4 is 29.5 Å². The number of nitrogens with two attached hydrogens (primary N) is 1. The summed E-state index contributed by atoms with van der Waals surface area (Å²) in [6, 6.07) is 19.8. The summed E-state index contributed by atoms with van der Waals surface area (Å²) in [6.45, 7) is 0. The summed E-state index contributed by atoms with van der Waals surface area (Å²) in [7, 11) is 0. The van der Waals surface area contributed by atoms with Gasteiger partial charge in [0, 0.05) is 16.4 Å². The minimum atomic E-state index is -4.45. The highest BCUT2D eigenvalue weighted by Gasteiger charge is 2.42. The fourth-order valence-corrected chi connectivity index (χ4v) is 6.83. The molecule has 0 aliphatic carbocycles. The van der Waals surface area contributed by atoms with E-state index in [1.54, 1.807) is 11.8 Å². The number of carboxylic acids is 1. The standard InChI is InChI=1S/C25H22F3NO2S2/c26-25(27,28)18-11-9-17(10-12-18)24(33-15-21(29)23(30)31)19-6-2-1-5-16(19)13-14-32-22-8-4-3-7-20(22)24/h1-12,21H,13-15,29H2,(H,30,31)/t21-,24?/m0/s1. The van der Waals surface area contributed by atoms with Crippen molar-refractivity contribution < 1.29 is 23.1 Å². The lowest BCUT2D eigenvalue weighted by Crippen LogP contribution is -2.36. The number of alkyl halides is 3. The topological polar surface area (TPSA) is 63.3 Å². The number of carbonyl (C=O) groups is 1. The van der Waals surface area contributed by atoms with Crippen LogP contribution in [0, 0.1) is 0 Å². The highest BCUT2D eigenvalue weighted by molar-refractivity contribution is 8.01. The number of benzene rings is 3. The van der Waals surface area contributed by atoms with Gasteiger partial charge in [-0.15, -0.1) is 23.5 Å². The van der Waals surface area contributed by atoms with Gasteiger partial charge in [-0.3, -0.25) is 4.79 Å². The van der Waals surface area contributed by atoms with E-state index in [1.807, 2.05) is 48.5 Å². The fourth-order valence-electron chi connectivity index (χ4n) is 4.11. The number of thioether (sulfide) groups is 2. The molecule has 3 nitrogen and oxygen atoms in total. The summed E-state index contributed by atoms with van der Waals surface area (Å²) < 4.78 is 39.0. The molecule has 0 saturated carbocycles. The molecule has 8 heteroatoms. The maximum absolute atomic E-state index is 13.3. The Bertz CT molecular complexity index is 1100. The molecular weight excluding hydrogens is 467 g/mol. The lowest BCUT2D eigenvalue weighted by molar-refractivity contribution is -0.138. The van der Waals surface area contributed by atoms with Gasteiger partial charge in [-0.05, 0) is 46.9 Å². The Kier molecular flexibility index (Phi) is 6.79. The predicted octanol–water partition coefficient (Wildman–Crippen LogP) is 5.79. The first-order valence-corrected chi connectivity index (χ1v) is 12.3. The molecule has 0 amide bonds.